The van der Waals surface area contributed by atoms with Crippen LogP contribution < -0.4 is 15.4 Å². The summed E-state index contributed by atoms with van der Waals surface area (Å²) in [6.07, 6.45) is 0.665. The molecule has 2 rings (SSSR count). The van der Waals surface area contributed by atoms with Crippen molar-refractivity contribution >= 4 is 29.2 Å². The molecule has 0 unspecified atom stereocenters. The van der Waals surface area contributed by atoms with E-state index in [1.165, 1.54) is 0 Å². The molecule has 1 amide bonds. The number of aliphatic carboxylic acids is 1. The van der Waals surface area contributed by atoms with Crippen LogP contribution in [0.15, 0.2) is 18.2 Å². The molecule has 1 aromatic rings. The van der Waals surface area contributed by atoms with Gasteiger partial charge < -0.3 is 25.2 Å². The predicted molar refractivity (Wildman–Crippen MR) is 89.7 cm³/mol. The summed E-state index contributed by atoms with van der Waals surface area (Å²) >= 11 is 5.95. The van der Waals surface area contributed by atoms with Crippen LogP contribution >= 0.6 is 11.6 Å². The Balaban J connectivity index is 1.89. The van der Waals surface area contributed by atoms with E-state index >= 15 is 0 Å². The highest BCUT2D eigenvalue weighted by Crippen LogP contribution is 2.27. The molecule has 0 saturated carbocycles. The summed E-state index contributed by atoms with van der Waals surface area (Å²) < 4.78 is 10.4. The van der Waals surface area contributed by atoms with Crippen molar-refractivity contribution in [3.63, 3.8) is 0 Å². The van der Waals surface area contributed by atoms with Crippen molar-refractivity contribution in [1.29, 1.82) is 0 Å². The minimum absolute atomic E-state index is 0.131. The summed E-state index contributed by atoms with van der Waals surface area (Å²) in [5.41, 5.74) is -0.555. The first-order chi connectivity index (χ1) is 11.5. The number of benzene rings is 1. The van der Waals surface area contributed by atoms with Gasteiger partial charge in [0.2, 0.25) is 5.91 Å². The molecule has 0 aliphatic carbocycles. The minimum Gasteiger partial charge on any atom is -0.495 e. The Bertz CT molecular complexity index is 602. The van der Waals surface area contributed by atoms with E-state index in [0.29, 0.717) is 36.2 Å². The number of anilines is 1. The Labute approximate surface area is 145 Å². The summed E-state index contributed by atoms with van der Waals surface area (Å²) in [5.74, 6) is -0.734. The van der Waals surface area contributed by atoms with Crippen molar-refractivity contribution in [3.05, 3.63) is 23.2 Å². The molecule has 7 nitrogen and oxygen atoms in total. The maximum atomic E-state index is 12.1. The molecule has 8 heteroatoms. The molecular weight excluding hydrogens is 336 g/mol. The molecular formula is C16H21ClN2O5. The number of hydrogen-bond acceptors (Lipinski definition) is 5. The highest BCUT2D eigenvalue weighted by atomic mass is 35.5. The fourth-order valence-corrected chi connectivity index (χ4v) is 2.74. The van der Waals surface area contributed by atoms with Crippen molar-refractivity contribution in [3.8, 4) is 5.75 Å². The van der Waals surface area contributed by atoms with Crippen LogP contribution in [0, 0.1) is 0 Å². The van der Waals surface area contributed by atoms with Gasteiger partial charge in [0, 0.05) is 44.0 Å². The number of halogens is 1. The fraction of sp³-hybridized carbons (Fsp3) is 0.500. The molecule has 3 N–H and O–H groups in total. The maximum absolute atomic E-state index is 12.1. The number of carbonyl (C=O) groups excluding carboxylic acids is 1. The number of carboxylic acid groups (broad SMARTS) is 1. The molecule has 1 aliphatic rings. The molecule has 1 saturated heterocycles. The van der Waals surface area contributed by atoms with Gasteiger partial charge in [0.15, 0.2) is 0 Å². The number of ether oxygens (including phenoxy) is 2. The van der Waals surface area contributed by atoms with E-state index in [2.05, 4.69) is 10.6 Å². The van der Waals surface area contributed by atoms with E-state index < -0.39 is 11.5 Å². The SMILES string of the molecule is COc1ccc(Cl)cc1NCCC(=O)NC1(C(=O)O)CCOCC1. The second-order valence-corrected chi connectivity index (χ2v) is 6.01. The Morgan fingerprint density at radius 2 is 2.08 bits per heavy atom. The van der Waals surface area contributed by atoms with E-state index in [4.69, 9.17) is 21.1 Å². The van der Waals surface area contributed by atoms with Gasteiger partial charge in [0.05, 0.1) is 12.8 Å². The molecule has 1 aromatic carbocycles. The van der Waals surface area contributed by atoms with E-state index in [1.54, 1.807) is 25.3 Å². The second-order valence-electron chi connectivity index (χ2n) is 5.57. The van der Waals surface area contributed by atoms with Crippen LogP contribution in [0.3, 0.4) is 0 Å². The summed E-state index contributed by atoms with van der Waals surface area (Å²) in [7, 11) is 1.54. The highest BCUT2D eigenvalue weighted by Gasteiger charge is 2.41. The van der Waals surface area contributed by atoms with Gasteiger partial charge in [-0.1, -0.05) is 11.6 Å². The lowest BCUT2D eigenvalue weighted by Gasteiger charge is -2.33. The fourth-order valence-electron chi connectivity index (χ4n) is 2.57. The van der Waals surface area contributed by atoms with Crippen molar-refractivity contribution in [2.75, 3.05) is 32.2 Å². The maximum Gasteiger partial charge on any atom is 0.329 e. The number of carbonyl (C=O) groups is 2. The Kier molecular flexibility index (Phi) is 6.28. The zero-order chi connectivity index (χ0) is 17.6. The van der Waals surface area contributed by atoms with Crippen molar-refractivity contribution in [2.24, 2.45) is 0 Å². The normalized spacial score (nSPS) is 16.2. The lowest BCUT2D eigenvalue weighted by molar-refractivity contribution is -0.152. The van der Waals surface area contributed by atoms with Gasteiger partial charge in [-0.05, 0) is 18.2 Å². The van der Waals surface area contributed by atoms with Gasteiger partial charge in [-0.2, -0.15) is 0 Å². The third kappa shape index (κ3) is 4.52. The molecule has 1 fully saturated rings. The minimum atomic E-state index is -1.23. The monoisotopic (exact) mass is 356 g/mol. The van der Waals surface area contributed by atoms with E-state index in [-0.39, 0.29) is 25.2 Å². The molecule has 0 bridgehead atoms. The number of rotatable bonds is 7. The van der Waals surface area contributed by atoms with Crippen LogP contribution in [0.25, 0.3) is 0 Å². The van der Waals surface area contributed by atoms with Gasteiger partial charge >= 0.3 is 5.97 Å². The predicted octanol–water partition coefficient (Wildman–Crippen LogP) is 1.90. The first-order valence-electron chi connectivity index (χ1n) is 7.66. The van der Waals surface area contributed by atoms with Crippen LogP contribution in [-0.4, -0.2) is 49.4 Å². The lowest BCUT2D eigenvalue weighted by Crippen LogP contribution is -2.57. The van der Waals surface area contributed by atoms with E-state index in [1.807, 2.05) is 0 Å². The molecule has 0 atom stereocenters. The lowest BCUT2D eigenvalue weighted by atomic mass is 9.90. The zero-order valence-electron chi connectivity index (χ0n) is 13.4. The number of carboxylic acids is 1. The summed E-state index contributed by atoms with van der Waals surface area (Å²) in [6, 6.07) is 5.14. The van der Waals surface area contributed by atoms with Crippen molar-refractivity contribution in [1.82, 2.24) is 5.32 Å². The van der Waals surface area contributed by atoms with E-state index in [0.717, 1.165) is 0 Å². The van der Waals surface area contributed by atoms with Crippen LogP contribution in [0.5, 0.6) is 5.75 Å². The van der Waals surface area contributed by atoms with E-state index in [9.17, 15) is 14.7 Å². The van der Waals surface area contributed by atoms with Crippen molar-refractivity contribution < 1.29 is 24.2 Å². The Morgan fingerprint density at radius 1 is 1.38 bits per heavy atom. The first-order valence-corrected chi connectivity index (χ1v) is 8.04. The average Bonchev–Trinajstić information content (AvgIpc) is 2.55. The zero-order valence-corrected chi connectivity index (χ0v) is 14.2. The van der Waals surface area contributed by atoms with Crippen LogP contribution in [0.2, 0.25) is 5.02 Å². The van der Waals surface area contributed by atoms with Gasteiger partial charge in [-0.25, -0.2) is 4.79 Å². The summed E-state index contributed by atoms with van der Waals surface area (Å²) in [5, 5.41) is 15.7. The van der Waals surface area contributed by atoms with Gasteiger partial charge in [0.1, 0.15) is 11.3 Å². The summed E-state index contributed by atoms with van der Waals surface area (Å²) in [6.45, 7) is 0.976. The van der Waals surface area contributed by atoms with Crippen LogP contribution in [0.1, 0.15) is 19.3 Å². The Morgan fingerprint density at radius 3 is 2.71 bits per heavy atom. The molecule has 1 aliphatic heterocycles. The molecule has 0 aromatic heterocycles. The first kappa shape index (κ1) is 18.4. The number of methoxy groups -OCH3 is 1. The largest absolute Gasteiger partial charge is 0.495 e. The third-order valence-corrected chi connectivity index (χ3v) is 4.20. The van der Waals surface area contributed by atoms with Gasteiger partial charge in [-0.15, -0.1) is 0 Å². The van der Waals surface area contributed by atoms with Crippen LogP contribution in [-0.2, 0) is 14.3 Å². The molecule has 1 heterocycles. The molecule has 132 valence electrons. The summed E-state index contributed by atoms with van der Waals surface area (Å²) in [4.78, 5) is 23.6. The molecule has 0 spiro atoms. The van der Waals surface area contributed by atoms with Crippen molar-refractivity contribution in [2.45, 2.75) is 24.8 Å². The van der Waals surface area contributed by atoms with Crippen LogP contribution in [0.4, 0.5) is 5.69 Å². The molecule has 0 radical (unpaired) electrons. The van der Waals surface area contributed by atoms with Gasteiger partial charge in [-0.3, -0.25) is 4.79 Å². The quantitative estimate of drug-likeness (QED) is 0.690. The standard InChI is InChI=1S/C16H21ClN2O5/c1-23-13-3-2-11(17)10-12(13)18-7-4-14(20)19-16(15(21)22)5-8-24-9-6-16/h2-3,10,18H,4-9H2,1H3,(H,19,20)(H,21,22). The number of amides is 1. The smallest absolute Gasteiger partial charge is 0.329 e. The second kappa shape index (κ2) is 8.21. The topological polar surface area (TPSA) is 96.9 Å². The Hall–Kier alpha value is -1.99. The number of nitrogens with one attached hydrogen (secondary N) is 2. The highest BCUT2D eigenvalue weighted by molar-refractivity contribution is 6.30. The average molecular weight is 357 g/mol. The molecule has 24 heavy (non-hydrogen) atoms. The van der Waals surface area contributed by atoms with Gasteiger partial charge in [0.25, 0.3) is 0 Å². The number of hydrogen-bond donors (Lipinski definition) is 3. The third-order valence-electron chi connectivity index (χ3n) is 3.96.